The van der Waals surface area contributed by atoms with Gasteiger partial charge in [0.15, 0.2) is 0 Å². The summed E-state index contributed by atoms with van der Waals surface area (Å²) in [6.45, 7) is 38.7. The molecule has 4 aromatic rings. The van der Waals surface area contributed by atoms with Crippen molar-refractivity contribution in [1.82, 2.24) is 4.14 Å². The number of halogens is 2. The van der Waals surface area contributed by atoms with Gasteiger partial charge >= 0.3 is 361 Å². The molecule has 0 heterocycles. The van der Waals surface area contributed by atoms with Crippen LogP contribution >= 0.6 is 17.0 Å². The number of fused-ring (bicyclic) bond motifs is 2. The van der Waals surface area contributed by atoms with Crippen LogP contribution in [0.1, 0.15) is 122 Å². The molecule has 0 saturated carbocycles. The van der Waals surface area contributed by atoms with Crippen LogP contribution in [0.25, 0.3) is 34.4 Å². The van der Waals surface area contributed by atoms with Gasteiger partial charge in [-0.3, -0.25) is 0 Å². The number of hydrogen-bond donors (Lipinski definition) is 0. The minimum atomic E-state index is -5.48. The van der Waals surface area contributed by atoms with Crippen LogP contribution in [0.4, 0.5) is 0 Å². The van der Waals surface area contributed by atoms with E-state index >= 15 is 0 Å². The molecule has 303 valence electrons. The van der Waals surface area contributed by atoms with Crippen molar-refractivity contribution in [2.45, 2.75) is 128 Å². The van der Waals surface area contributed by atoms with E-state index in [1.54, 1.807) is 0 Å². The minimum absolute atomic E-state index is 0.0700. The van der Waals surface area contributed by atoms with Gasteiger partial charge in [0.05, 0.1) is 0 Å². The standard InChI is InChI=1S/2C22H25.C6H19BNSi2.2ClH.Zr/c2*1-15(2)18-10-6-7-11-19(18)20-12-8-9-16-13-17(14-21(16)20)22(3,4)5;1-9(2,3)8(7)10(4,5)6;;;/h2*6-15H,1-5H3;7H,1-6H3;2*1H;/q;;+1;;;+1/p-2. The SMILES string of the molecule is CC(C)c1ccccc1-c1cccc2c1C=C(C(C)(C)C)[CH]2[Zr]([Cl])([Cl])([BH]N([Si](C)(C)C)[Si](C)(C)C)[CH]1C(C(C)(C)C)=Cc2c(-c3ccccc3C(C)C)cccc21. The molecule has 7 heteroatoms. The van der Waals surface area contributed by atoms with Crippen molar-refractivity contribution in [2.75, 3.05) is 0 Å². The Morgan fingerprint density at radius 3 is 1.18 bits per heavy atom. The molecule has 2 aliphatic rings. The summed E-state index contributed by atoms with van der Waals surface area (Å²) in [7, 11) is 14.8. The van der Waals surface area contributed by atoms with Crippen LogP contribution in [0.5, 0.6) is 0 Å². The first-order valence-corrected chi connectivity index (χ1v) is 39.2. The first-order chi connectivity index (χ1) is 26.2. The monoisotopic (exact) mass is 910 g/mol. The maximum absolute atomic E-state index is 9.33. The fraction of sp³-hybridized carbons (Fsp3) is 0.440. The molecular formula is C50H69BCl2NSi2Zr. The summed E-state index contributed by atoms with van der Waals surface area (Å²) in [4.78, 5) is 0.782. The zero-order chi connectivity index (χ0) is 42.3. The molecule has 4 aromatic carbocycles. The maximum atomic E-state index is 9.33. The van der Waals surface area contributed by atoms with Crippen molar-refractivity contribution >= 4 is 50.6 Å². The van der Waals surface area contributed by atoms with Crippen molar-refractivity contribution in [3.63, 3.8) is 0 Å². The van der Waals surface area contributed by atoms with Crippen molar-refractivity contribution in [3.8, 4) is 22.3 Å². The molecule has 0 radical (unpaired) electrons. The molecule has 2 atom stereocenters. The van der Waals surface area contributed by atoms with Gasteiger partial charge < -0.3 is 0 Å². The van der Waals surface area contributed by atoms with Crippen molar-refractivity contribution in [3.05, 3.63) is 129 Å². The zero-order valence-corrected chi connectivity index (χ0v) is 43.9. The fourth-order valence-electron chi connectivity index (χ4n) is 10.5. The van der Waals surface area contributed by atoms with E-state index in [4.69, 9.17) is 0 Å². The van der Waals surface area contributed by atoms with Gasteiger partial charge in [0.1, 0.15) is 0 Å². The summed E-state index contributed by atoms with van der Waals surface area (Å²) >= 11 is -5.48. The van der Waals surface area contributed by atoms with E-state index in [1.807, 2.05) is 0 Å². The normalized spacial score (nSPS) is 18.4. The third kappa shape index (κ3) is 8.23. The molecule has 57 heavy (non-hydrogen) atoms. The van der Waals surface area contributed by atoms with Gasteiger partial charge in [-0.1, -0.05) is 0 Å². The number of benzene rings is 4. The molecule has 0 aliphatic heterocycles. The predicted molar refractivity (Wildman–Crippen MR) is 260 cm³/mol. The molecule has 0 spiro atoms. The van der Waals surface area contributed by atoms with Gasteiger partial charge in [0.2, 0.25) is 0 Å². The Bertz CT molecular complexity index is 2090. The van der Waals surface area contributed by atoms with E-state index in [0.717, 1.165) is 4.95 Å². The van der Waals surface area contributed by atoms with Crippen LogP contribution in [0, 0.1) is 10.8 Å². The third-order valence-electron chi connectivity index (χ3n) is 12.9. The Balaban J connectivity index is 1.76. The number of rotatable bonds is 10. The van der Waals surface area contributed by atoms with Crippen LogP contribution in [-0.2, 0) is 16.2 Å². The Morgan fingerprint density at radius 2 is 0.860 bits per heavy atom. The van der Waals surface area contributed by atoms with E-state index in [9.17, 15) is 17.0 Å². The predicted octanol–water partition coefficient (Wildman–Crippen LogP) is 16.2. The quantitative estimate of drug-likeness (QED) is 0.143. The summed E-state index contributed by atoms with van der Waals surface area (Å²) in [6.07, 6.45) is 5.09. The van der Waals surface area contributed by atoms with Gasteiger partial charge in [-0.15, -0.1) is 0 Å². The second-order valence-corrected chi connectivity index (χ2v) is 54.1. The molecule has 2 unspecified atom stereocenters. The van der Waals surface area contributed by atoms with Gasteiger partial charge in [0.25, 0.3) is 0 Å². The van der Waals surface area contributed by atoms with Crippen molar-refractivity contribution in [1.29, 1.82) is 0 Å². The Kier molecular flexibility index (Phi) is 12.1. The number of allylic oxidation sites excluding steroid dienone is 2. The molecule has 1 nitrogen and oxygen atoms in total. The Labute approximate surface area is 358 Å². The average Bonchev–Trinajstić information content (AvgIpc) is 3.72. The van der Waals surface area contributed by atoms with Crippen molar-refractivity contribution in [2.24, 2.45) is 10.8 Å². The summed E-state index contributed by atoms with van der Waals surface area (Å²) < 4.78 is 2.80. The van der Waals surface area contributed by atoms with Gasteiger partial charge in [-0.25, -0.2) is 0 Å². The fourth-order valence-corrected chi connectivity index (χ4v) is 53.1. The molecule has 0 amide bonds. The van der Waals surface area contributed by atoms with E-state index < -0.39 is 32.6 Å². The molecule has 6 rings (SSSR count). The summed E-state index contributed by atoms with van der Waals surface area (Å²) in [5.74, 6) is 0.801. The second kappa shape index (κ2) is 15.3. The van der Waals surface area contributed by atoms with Crippen LogP contribution < -0.4 is 0 Å². The third-order valence-corrected chi connectivity index (χ3v) is 39.7. The van der Waals surface area contributed by atoms with Crippen LogP contribution in [0.15, 0.2) is 96.1 Å². The molecule has 0 fully saturated rings. The topological polar surface area (TPSA) is 3.24 Å². The van der Waals surface area contributed by atoms with Crippen molar-refractivity contribution < 1.29 is 16.2 Å². The summed E-state index contributed by atoms with van der Waals surface area (Å²) in [6, 6.07) is 32.1. The van der Waals surface area contributed by atoms with Crippen LogP contribution in [0.3, 0.4) is 0 Å². The number of nitrogens with zero attached hydrogens (tertiary/aromatic N) is 1. The first-order valence-electron chi connectivity index (χ1n) is 21.4. The molecule has 0 N–H and O–H groups in total. The molecule has 0 bridgehead atoms. The van der Waals surface area contributed by atoms with Crippen LogP contribution in [-0.4, -0.2) is 25.6 Å². The van der Waals surface area contributed by atoms with E-state index in [0.29, 0.717) is 11.8 Å². The number of hydrogen-bond acceptors (Lipinski definition) is 1. The second-order valence-electron chi connectivity index (χ2n) is 21.9. The molecule has 2 aliphatic carbocycles. The zero-order valence-electron chi connectivity index (χ0n) is 38.0. The Hall–Kier alpha value is -1.72. The van der Waals surface area contributed by atoms with E-state index in [2.05, 4.69) is 210 Å². The van der Waals surface area contributed by atoms with Gasteiger partial charge in [0, 0.05) is 0 Å². The molecule has 0 aromatic heterocycles. The Morgan fingerprint density at radius 1 is 0.526 bits per heavy atom. The molecule has 0 saturated heterocycles. The average molecular weight is 913 g/mol. The van der Waals surface area contributed by atoms with E-state index in [-0.39, 0.29) is 18.1 Å². The summed E-state index contributed by atoms with van der Waals surface area (Å²) in [5.41, 5.74) is 15.7. The summed E-state index contributed by atoms with van der Waals surface area (Å²) in [5, 5.41) is 0. The van der Waals surface area contributed by atoms with Gasteiger partial charge in [-0.2, -0.15) is 0 Å². The van der Waals surface area contributed by atoms with Crippen LogP contribution in [0.2, 0.25) is 39.3 Å². The van der Waals surface area contributed by atoms with Gasteiger partial charge in [-0.05, 0) is 0 Å². The van der Waals surface area contributed by atoms with E-state index in [1.165, 1.54) is 66.8 Å². The first kappa shape index (κ1) is 44.8. The molecular weight excluding hydrogens is 844 g/mol.